The second-order valence-corrected chi connectivity index (χ2v) is 7.45. The second kappa shape index (κ2) is 10.8. The average Bonchev–Trinajstić information content (AvgIpc) is 3.29. The Bertz CT molecular complexity index is 773. The first-order valence-corrected chi connectivity index (χ1v) is 10.4. The van der Waals surface area contributed by atoms with E-state index in [9.17, 15) is 9.59 Å². The van der Waals surface area contributed by atoms with Crippen LogP contribution < -0.4 is 5.32 Å². The number of amides is 2. The van der Waals surface area contributed by atoms with E-state index in [1.165, 1.54) is 0 Å². The van der Waals surface area contributed by atoms with Gasteiger partial charge in [0.25, 0.3) is 0 Å². The summed E-state index contributed by atoms with van der Waals surface area (Å²) in [6.07, 6.45) is 2.91. The largest absolute Gasteiger partial charge is 0.376 e. The zero-order valence-electron chi connectivity index (χ0n) is 17.0. The maximum Gasteiger partial charge on any atom is 0.243 e. The Balaban J connectivity index is 1.80. The highest BCUT2D eigenvalue weighted by Gasteiger charge is 2.30. The van der Waals surface area contributed by atoms with Crippen molar-refractivity contribution in [3.8, 4) is 0 Å². The van der Waals surface area contributed by atoms with Gasteiger partial charge in [0.15, 0.2) is 0 Å². The fourth-order valence-electron chi connectivity index (χ4n) is 3.67. The summed E-state index contributed by atoms with van der Waals surface area (Å²) in [5.74, 6) is -0.149. The summed E-state index contributed by atoms with van der Waals surface area (Å²) in [7, 11) is 0. The van der Waals surface area contributed by atoms with E-state index >= 15 is 0 Å². The lowest BCUT2D eigenvalue weighted by Gasteiger charge is -2.31. The van der Waals surface area contributed by atoms with Crippen LogP contribution in [-0.2, 0) is 27.3 Å². The molecule has 0 aromatic heterocycles. The van der Waals surface area contributed by atoms with Crippen LogP contribution in [0.1, 0.15) is 37.3 Å². The lowest BCUT2D eigenvalue weighted by Crippen LogP contribution is -2.51. The number of benzene rings is 2. The Labute approximate surface area is 173 Å². The normalized spacial score (nSPS) is 16.9. The molecule has 1 aliphatic heterocycles. The standard InChI is InChI=1S/C24H30N2O3/c1-2-23(27)26(18-20-12-7-4-8-13-20)22(16-19-10-5-3-6-11-19)24(28)25-17-21-14-9-15-29-21/h3-8,10-13,21-22H,2,9,14-18H2,1H3,(H,25,28). The van der Waals surface area contributed by atoms with Crippen LogP contribution in [0.3, 0.4) is 0 Å². The van der Waals surface area contributed by atoms with Gasteiger partial charge in [0.2, 0.25) is 11.8 Å². The Hall–Kier alpha value is -2.66. The van der Waals surface area contributed by atoms with Gasteiger partial charge < -0.3 is 15.0 Å². The molecule has 2 atom stereocenters. The minimum atomic E-state index is -0.563. The zero-order valence-corrected chi connectivity index (χ0v) is 17.0. The van der Waals surface area contributed by atoms with E-state index < -0.39 is 6.04 Å². The van der Waals surface area contributed by atoms with E-state index in [-0.39, 0.29) is 17.9 Å². The molecular formula is C24H30N2O3. The summed E-state index contributed by atoms with van der Waals surface area (Å²) in [5.41, 5.74) is 2.05. The van der Waals surface area contributed by atoms with Crippen LogP contribution in [0.25, 0.3) is 0 Å². The van der Waals surface area contributed by atoms with Gasteiger partial charge in [-0.05, 0) is 24.0 Å². The fourth-order valence-corrected chi connectivity index (χ4v) is 3.67. The van der Waals surface area contributed by atoms with E-state index in [0.717, 1.165) is 30.6 Å². The van der Waals surface area contributed by atoms with E-state index in [2.05, 4.69) is 5.32 Å². The summed E-state index contributed by atoms with van der Waals surface area (Å²) < 4.78 is 5.63. The molecule has 3 rings (SSSR count). The van der Waals surface area contributed by atoms with Crippen LogP contribution >= 0.6 is 0 Å². The van der Waals surface area contributed by atoms with Crippen molar-refractivity contribution in [3.63, 3.8) is 0 Å². The maximum atomic E-state index is 13.2. The van der Waals surface area contributed by atoms with Gasteiger partial charge >= 0.3 is 0 Å². The first-order valence-electron chi connectivity index (χ1n) is 10.4. The van der Waals surface area contributed by atoms with Crippen LogP contribution in [0.5, 0.6) is 0 Å². The molecule has 5 heteroatoms. The summed E-state index contributed by atoms with van der Waals surface area (Å²) in [4.78, 5) is 27.7. The monoisotopic (exact) mass is 394 g/mol. The third-order valence-electron chi connectivity index (χ3n) is 5.30. The van der Waals surface area contributed by atoms with Crippen LogP contribution in [0.15, 0.2) is 60.7 Å². The lowest BCUT2D eigenvalue weighted by atomic mass is 10.0. The number of hydrogen-bond acceptors (Lipinski definition) is 3. The number of carbonyl (C=O) groups is 2. The molecule has 0 aliphatic carbocycles. The van der Waals surface area contributed by atoms with Gasteiger partial charge in [0.1, 0.15) is 6.04 Å². The molecule has 2 unspecified atom stereocenters. The molecule has 0 saturated carbocycles. The average molecular weight is 395 g/mol. The smallest absolute Gasteiger partial charge is 0.243 e. The highest BCUT2D eigenvalue weighted by Crippen LogP contribution is 2.16. The quantitative estimate of drug-likeness (QED) is 0.710. The molecule has 1 N–H and O–H groups in total. The first kappa shape index (κ1) is 21.1. The molecule has 0 bridgehead atoms. The maximum absolute atomic E-state index is 13.2. The number of nitrogens with one attached hydrogen (secondary N) is 1. The number of carbonyl (C=O) groups excluding carboxylic acids is 2. The van der Waals surface area contributed by atoms with Crippen molar-refractivity contribution in [1.29, 1.82) is 0 Å². The van der Waals surface area contributed by atoms with Gasteiger partial charge in [-0.1, -0.05) is 67.6 Å². The molecule has 1 aliphatic rings. The van der Waals surface area contributed by atoms with Crippen molar-refractivity contribution in [2.75, 3.05) is 13.2 Å². The molecule has 0 radical (unpaired) electrons. The van der Waals surface area contributed by atoms with Crippen molar-refractivity contribution in [2.45, 2.75) is 51.3 Å². The number of nitrogens with zero attached hydrogens (tertiary/aromatic N) is 1. The number of hydrogen-bond donors (Lipinski definition) is 1. The van der Waals surface area contributed by atoms with Gasteiger partial charge in [-0.2, -0.15) is 0 Å². The molecule has 154 valence electrons. The molecule has 1 saturated heterocycles. The second-order valence-electron chi connectivity index (χ2n) is 7.45. The van der Waals surface area contributed by atoms with Gasteiger partial charge in [0.05, 0.1) is 6.10 Å². The van der Waals surface area contributed by atoms with E-state index in [0.29, 0.717) is 25.9 Å². The van der Waals surface area contributed by atoms with Gasteiger partial charge in [-0.15, -0.1) is 0 Å². The molecule has 0 spiro atoms. The first-order chi connectivity index (χ1) is 14.2. The van der Waals surface area contributed by atoms with Crippen molar-refractivity contribution in [1.82, 2.24) is 10.2 Å². The molecule has 2 amide bonds. The predicted molar refractivity (Wildman–Crippen MR) is 113 cm³/mol. The molecule has 29 heavy (non-hydrogen) atoms. The summed E-state index contributed by atoms with van der Waals surface area (Å²) >= 11 is 0. The zero-order chi connectivity index (χ0) is 20.5. The third kappa shape index (κ3) is 6.16. The highest BCUT2D eigenvalue weighted by atomic mass is 16.5. The summed E-state index contributed by atoms with van der Waals surface area (Å²) in [6, 6.07) is 19.1. The Morgan fingerprint density at radius 3 is 2.31 bits per heavy atom. The van der Waals surface area contributed by atoms with Crippen LogP contribution in [0, 0.1) is 0 Å². The van der Waals surface area contributed by atoms with Gasteiger partial charge in [-0.25, -0.2) is 0 Å². The molecular weight excluding hydrogens is 364 g/mol. The van der Waals surface area contributed by atoms with Crippen LogP contribution in [0.4, 0.5) is 0 Å². The lowest BCUT2D eigenvalue weighted by molar-refractivity contribution is -0.141. The van der Waals surface area contributed by atoms with Crippen LogP contribution in [0.2, 0.25) is 0 Å². The molecule has 1 fully saturated rings. The molecule has 2 aromatic carbocycles. The molecule has 5 nitrogen and oxygen atoms in total. The third-order valence-corrected chi connectivity index (χ3v) is 5.30. The number of rotatable bonds is 9. The Morgan fingerprint density at radius 2 is 1.72 bits per heavy atom. The fraction of sp³-hybridized carbons (Fsp3) is 0.417. The minimum Gasteiger partial charge on any atom is -0.376 e. The van der Waals surface area contributed by atoms with Crippen molar-refractivity contribution in [3.05, 3.63) is 71.8 Å². The Kier molecular flexibility index (Phi) is 7.82. The Morgan fingerprint density at radius 1 is 1.07 bits per heavy atom. The van der Waals surface area contributed by atoms with Crippen LogP contribution in [-0.4, -0.2) is 42.0 Å². The highest BCUT2D eigenvalue weighted by molar-refractivity contribution is 5.88. The summed E-state index contributed by atoms with van der Waals surface area (Å²) in [6.45, 7) is 3.49. The van der Waals surface area contributed by atoms with E-state index in [4.69, 9.17) is 4.74 Å². The minimum absolute atomic E-state index is 0.0259. The molecule has 1 heterocycles. The van der Waals surface area contributed by atoms with Crippen molar-refractivity contribution in [2.24, 2.45) is 0 Å². The van der Waals surface area contributed by atoms with E-state index in [1.807, 2.05) is 67.6 Å². The van der Waals surface area contributed by atoms with Gasteiger partial charge in [-0.3, -0.25) is 9.59 Å². The predicted octanol–water partition coefficient (Wildman–Crippen LogP) is 3.33. The van der Waals surface area contributed by atoms with E-state index in [1.54, 1.807) is 4.90 Å². The SMILES string of the molecule is CCC(=O)N(Cc1ccccc1)C(Cc1ccccc1)C(=O)NCC1CCCO1. The molecule has 2 aromatic rings. The number of ether oxygens (including phenoxy) is 1. The topological polar surface area (TPSA) is 58.6 Å². The van der Waals surface area contributed by atoms with Gasteiger partial charge in [0, 0.05) is 32.5 Å². The summed E-state index contributed by atoms with van der Waals surface area (Å²) in [5, 5.41) is 3.03. The van der Waals surface area contributed by atoms with Crippen molar-refractivity contribution < 1.29 is 14.3 Å². The van der Waals surface area contributed by atoms with Crippen molar-refractivity contribution >= 4 is 11.8 Å².